The van der Waals surface area contributed by atoms with E-state index in [9.17, 15) is 14.6 Å². The van der Waals surface area contributed by atoms with Crippen LogP contribution in [0, 0.1) is 28.5 Å². The Hall–Kier alpha value is -1.95. The molecule has 5 heteroatoms. The van der Waals surface area contributed by atoms with E-state index in [2.05, 4.69) is 0 Å². The van der Waals surface area contributed by atoms with E-state index in [0.29, 0.717) is 0 Å². The lowest BCUT2D eigenvalue weighted by Gasteiger charge is -2.16. The van der Waals surface area contributed by atoms with E-state index < -0.39 is 18.0 Å². The minimum Gasteiger partial charge on any atom is -0.389 e. The van der Waals surface area contributed by atoms with Gasteiger partial charge in [-0.15, -0.1) is 0 Å². The molecule has 0 amide bonds. The molecule has 2 atom stereocenters. The Labute approximate surface area is 91.8 Å². The molecule has 0 bridgehead atoms. The van der Waals surface area contributed by atoms with E-state index in [0.717, 1.165) is 12.1 Å². The molecule has 0 heterocycles. The van der Waals surface area contributed by atoms with Crippen LogP contribution in [-0.4, -0.2) is 16.3 Å². The number of rotatable bonds is 3. The van der Waals surface area contributed by atoms with Crippen LogP contribution >= 0.6 is 0 Å². The highest BCUT2D eigenvalue weighted by Crippen LogP contribution is 2.22. The van der Waals surface area contributed by atoms with Crippen LogP contribution in [0.5, 0.6) is 0 Å². The van der Waals surface area contributed by atoms with E-state index in [1.165, 1.54) is 6.07 Å². The molecule has 1 aromatic carbocycles. The molecule has 0 radical (unpaired) electrons. The van der Waals surface area contributed by atoms with Crippen LogP contribution in [0.25, 0.3) is 0 Å². The fourth-order valence-electron chi connectivity index (χ4n) is 1.25. The van der Waals surface area contributed by atoms with E-state index in [1.807, 2.05) is 0 Å². The first kappa shape index (κ1) is 12.1. The minimum absolute atomic E-state index is 0.179. The van der Waals surface area contributed by atoms with Crippen molar-refractivity contribution in [1.29, 1.82) is 10.5 Å². The van der Waals surface area contributed by atoms with E-state index in [1.54, 1.807) is 12.1 Å². The normalized spacial score (nSPS) is 13.6. The Balaban J connectivity index is 3.04. The topological polar surface area (TPSA) is 88.0 Å². The monoisotopic (exact) mass is 220 g/mol. The largest absolute Gasteiger partial charge is 0.389 e. The fraction of sp³-hybridized carbons (Fsp3) is 0.273. The molecule has 4 nitrogen and oxygen atoms in total. The van der Waals surface area contributed by atoms with Crippen LogP contribution in [0.3, 0.4) is 0 Å². The zero-order valence-electron chi connectivity index (χ0n) is 8.26. The second-order valence-electron chi connectivity index (χ2n) is 3.22. The molecule has 0 fully saturated rings. The number of benzene rings is 1. The van der Waals surface area contributed by atoms with Gasteiger partial charge < -0.3 is 10.2 Å². The van der Waals surface area contributed by atoms with Crippen molar-refractivity contribution in [1.82, 2.24) is 0 Å². The summed E-state index contributed by atoms with van der Waals surface area (Å²) in [5.74, 6) is -0.719. The summed E-state index contributed by atoms with van der Waals surface area (Å²) in [6, 6.07) is 6.92. The zero-order chi connectivity index (χ0) is 12.1. The van der Waals surface area contributed by atoms with Gasteiger partial charge in [-0.1, -0.05) is 0 Å². The summed E-state index contributed by atoms with van der Waals surface area (Å²) >= 11 is 0. The highest BCUT2D eigenvalue weighted by molar-refractivity contribution is 5.35. The fourth-order valence-corrected chi connectivity index (χ4v) is 1.25. The van der Waals surface area contributed by atoms with Gasteiger partial charge in [0.2, 0.25) is 0 Å². The molecular weight excluding hydrogens is 211 g/mol. The summed E-state index contributed by atoms with van der Waals surface area (Å²) in [5, 5.41) is 35.9. The molecule has 0 aromatic heterocycles. The van der Waals surface area contributed by atoms with Crippen molar-refractivity contribution in [3.8, 4) is 12.1 Å². The third kappa shape index (κ3) is 2.54. The van der Waals surface area contributed by atoms with Gasteiger partial charge in [0.15, 0.2) is 0 Å². The Morgan fingerprint density at radius 2 is 2.00 bits per heavy atom. The van der Waals surface area contributed by atoms with Crippen molar-refractivity contribution < 1.29 is 14.6 Å². The van der Waals surface area contributed by atoms with Crippen molar-refractivity contribution >= 4 is 0 Å². The second-order valence-corrected chi connectivity index (χ2v) is 3.22. The Kier molecular flexibility index (Phi) is 3.96. The van der Waals surface area contributed by atoms with Gasteiger partial charge in [-0.3, -0.25) is 0 Å². The lowest BCUT2D eigenvalue weighted by atomic mass is 10.00. The molecule has 1 aromatic rings. The molecule has 0 aliphatic rings. The van der Waals surface area contributed by atoms with Gasteiger partial charge in [-0.2, -0.15) is 10.5 Å². The summed E-state index contributed by atoms with van der Waals surface area (Å²) in [6.07, 6.45) is -3.18. The lowest BCUT2D eigenvalue weighted by molar-refractivity contribution is 0.0195. The molecule has 0 saturated heterocycles. The second kappa shape index (κ2) is 5.22. The van der Waals surface area contributed by atoms with E-state index >= 15 is 0 Å². The molecule has 1 rings (SSSR count). The maximum Gasteiger partial charge on any atom is 0.129 e. The van der Waals surface area contributed by atoms with Crippen LogP contribution < -0.4 is 0 Å². The smallest absolute Gasteiger partial charge is 0.129 e. The molecule has 0 aliphatic carbocycles. The number of aliphatic hydroxyl groups is 2. The number of halogens is 1. The summed E-state index contributed by atoms with van der Waals surface area (Å²) in [7, 11) is 0. The third-order valence-corrected chi connectivity index (χ3v) is 2.11. The van der Waals surface area contributed by atoms with Gasteiger partial charge in [0, 0.05) is 5.56 Å². The standard InChI is InChI=1S/C11H9FN2O2/c12-9-2-1-7(6-14)5-8(9)11(16)10(15)3-4-13/h1-2,5,10-11,15-16H,3H2. The number of hydrogen-bond donors (Lipinski definition) is 2. The van der Waals surface area contributed by atoms with Crippen LogP contribution in [0.4, 0.5) is 4.39 Å². The van der Waals surface area contributed by atoms with Gasteiger partial charge in [0.1, 0.15) is 11.9 Å². The molecule has 0 saturated carbocycles. The molecule has 82 valence electrons. The van der Waals surface area contributed by atoms with Gasteiger partial charge >= 0.3 is 0 Å². The first-order valence-electron chi connectivity index (χ1n) is 4.52. The first-order chi connectivity index (χ1) is 7.60. The minimum atomic E-state index is -1.51. The molecule has 16 heavy (non-hydrogen) atoms. The number of aliphatic hydroxyl groups excluding tert-OH is 2. The first-order valence-corrected chi connectivity index (χ1v) is 4.52. The Morgan fingerprint density at radius 3 is 2.56 bits per heavy atom. The Bertz CT molecular complexity index is 462. The number of hydrogen-bond acceptors (Lipinski definition) is 4. The van der Waals surface area contributed by atoms with Crippen LogP contribution in [0.15, 0.2) is 18.2 Å². The molecule has 0 spiro atoms. The van der Waals surface area contributed by atoms with Gasteiger partial charge in [0.25, 0.3) is 0 Å². The maximum absolute atomic E-state index is 13.3. The van der Waals surface area contributed by atoms with Gasteiger partial charge in [-0.25, -0.2) is 4.39 Å². The Morgan fingerprint density at radius 1 is 1.31 bits per heavy atom. The van der Waals surface area contributed by atoms with E-state index in [-0.39, 0.29) is 17.5 Å². The summed E-state index contributed by atoms with van der Waals surface area (Å²) < 4.78 is 13.3. The molecule has 2 N–H and O–H groups in total. The lowest BCUT2D eigenvalue weighted by Crippen LogP contribution is -2.18. The average molecular weight is 220 g/mol. The van der Waals surface area contributed by atoms with Crippen molar-refractivity contribution in [3.63, 3.8) is 0 Å². The number of nitrogens with zero attached hydrogens (tertiary/aromatic N) is 2. The summed E-state index contributed by atoms with van der Waals surface area (Å²) in [4.78, 5) is 0. The summed E-state index contributed by atoms with van der Waals surface area (Å²) in [5.41, 5.74) is 0.00130. The highest BCUT2D eigenvalue weighted by Gasteiger charge is 2.21. The van der Waals surface area contributed by atoms with Crippen molar-refractivity contribution in [2.45, 2.75) is 18.6 Å². The number of nitriles is 2. The maximum atomic E-state index is 13.3. The highest BCUT2D eigenvalue weighted by atomic mass is 19.1. The molecule has 0 aliphatic heterocycles. The predicted octanol–water partition coefficient (Wildman–Crippen LogP) is 1.01. The van der Waals surface area contributed by atoms with Crippen molar-refractivity contribution in [3.05, 3.63) is 35.1 Å². The van der Waals surface area contributed by atoms with Crippen LogP contribution in [0.1, 0.15) is 23.7 Å². The van der Waals surface area contributed by atoms with Crippen molar-refractivity contribution in [2.24, 2.45) is 0 Å². The SMILES string of the molecule is N#CCC(O)C(O)c1cc(C#N)ccc1F. The van der Waals surface area contributed by atoms with E-state index in [4.69, 9.17) is 10.5 Å². The van der Waals surface area contributed by atoms with Gasteiger partial charge in [-0.05, 0) is 18.2 Å². The molecule has 2 unspecified atom stereocenters. The van der Waals surface area contributed by atoms with Crippen molar-refractivity contribution in [2.75, 3.05) is 0 Å². The predicted molar refractivity (Wildman–Crippen MR) is 52.3 cm³/mol. The quantitative estimate of drug-likeness (QED) is 0.795. The average Bonchev–Trinajstić information content (AvgIpc) is 2.29. The summed E-state index contributed by atoms with van der Waals surface area (Å²) in [6.45, 7) is 0. The van der Waals surface area contributed by atoms with Gasteiger partial charge in [0.05, 0.1) is 30.2 Å². The van der Waals surface area contributed by atoms with Crippen LogP contribution in [-0.2, 0) is 0 Å². The van der Waals surface area contributed by atoms with Crippen LogP contribution in [0.2, 0.25) is 0 Å². The third-order valence-electron chi connectivity index (χ3n) is 2.11. The zero-order valence-corrected chi connectivity index (χ0v) is 8.26. The molecular formula is C11H9FN2O2.